The summed E-state index contributed by atoms with van der Waals surface area (Å²) in [5.41, 5.74) is 2.02. The van der Waals surface area contributed by atoms with E-state index < -0.39 is 5.60 Å². The van der Waals surface area contributed by atoms with Crippen LogP contribution in [0.15, 0.2) is 24.3 Å². The number of rotatable bonds is 8. The first-order chi connectivity index (χ1) is 9.28. The molecule has 0 radical (unpaired) electrons. The lowest BCUT2D eigenvalue weighted by Gasteiger charge is -2.28. The summed E-state index contributed by atoms with van der Waals surface area (Å²) in [4.78, 5) is 2.01. The minimum absolute atomic E-state index is 0.407. The number of benzene rings is 1. The highest BCUT2D eigenvalue weighted by Gasteiger charge is 2.21. The van der Waals surface area contributed by atoms with E-state index >= 15 is 0 Å². The number of nitrogens with zero attached hydrogens (tertiary/aromatic N) is 1. The molecule has 3 heteroatoms. The number of likely N-dealkylation sites (N-methyl/N-ethyl adjacent to an activating group) is 1. The molecule has 1 rings (SSSR count). The monoisotopic (exact) mass is 278 g/mol. The lowest BCUT2D eigenvalue weighted by molar-refractivity contribution is 0.0316. The average molecular weight is 278 g/mol. The summed E-state index contributed by atoms with van der Waals surface area (Å²) in [6.07, 6.45) is 2.16. The van der Waals surface area contributed by atoms with Gasteiger partial charge >= 0.3 is 0 Å². The minimum Gasteiger partial charge on any atom is -0.388 e. The van der Waals surface area contributed by atoms with Crippen LogP contribution in [0.25, 0.3) is 0 Å². The van der Waals surface area contributed by atoms with Gasteiger partial charge in [0.2, 0.25) is 0 Å². The normalized spacial score (nSPS) is 16.1. The lowest BCUT2D eigenvalue weighted by Crippen LogP contribution is -2.47. The fourth-order valence-electron chi connectivity index (χ4n) is 2.48. The zero-order valence-electron chi connectivity index (χ0n) is 13.6. The predicted octanol–water partition coefficient (Wildman–Crippen LogP) is 2.22. The van der Waals surface area contributed by atoms with E-state index in [1.165, 1.54) is 11.1 Å². The third-order valence-corrected chi connectivity index (χ3v) is 3.44. The van der Waals surface area contributed by atoms with E-state index in [0.29, 0.717) is 19.1 Å². The number of aryl methyl sites for hydroxylation is 2. The summed E-state index contributed by atoms with van der Waals surface area (Å²) in [6, 6.07) is 9.08. The molecule has 0 bridgehead atoms. The second-order valence-electron chi connectivity index (χ2n) is 6.54. The van der Waals surface area contributed by atoms with Crippen molar-refractivity contribution in [2.45, 2.75) is 45.3 Å². The topological polar surface area (TPSA) is 35.5 Å². The maximum atomic E-state index is 10.3. The van der Waals surface area contributed by atoms with Crippen LogP contribution in [0.5, 0.6) is 0 Å². The molecule has 0 saturated carbocycles. The highest BCUT2D eigenvalue weighted by atomic mass is 16.3. The predicted molar refractivity (Wildman–Crippen MR) is 86.1 cm³/mol. The molecule has 0 fully saturated rings. The highest BCUT2D eigenvalue weighted by molar-refractivity contribution is 5.22. The molecule has 2 N–H and O–H groups in total. The fraction of sp³-hybridized carbons (Fsp3) is 0.647. The summed E-state index contributed by atoms with van der Waals surface area (Å²) < 4.78 is 0. The van der Waals surface area contributed by atoms with Gasteiger partial charge in [0.05, 0.1) is 5.60 Å². The molecule has 2 atom stereocenters. The Balaban J connectivity index is 2.31. The van der Waals surface area contributed by atoms with Crippen molar-refractivity contribution in [3.05, 3.63) is 35.4 Å². The Bertz CT molecular complexity index is 402. The van der Waals surface area contributed by atoms with Crippen LogP contribution in [0.2, 0.25) is 0 Å². The second-order valence-corrected chi connectivity index (χ2v) is 6.54. The van der Waals surface area contributed by atoms with Crippen molar-refractivity contribution < 1.29 is 5.11 Å². The molecule has 0 amide bonds. The maximum Gasteiger partial charge on any atom is 0.0869 e. The van der Waals surface area contributed by atoms with Crippen LogP contribution in [0.3, 0.4) is 0 Å². The minimum atomic E-state index is -0.679. The Morgan fingerprint density at radius 2 is 2.05 bits per heavy atom. The van der Waals surface area contributed by atoms with E-state index in [9.17, 15) is 5.11 Å². The Kier molecular flexibility index (Phi) is 6.66. The maximum absolute atomic E-state index is 10.3. The standard InChI is InChI=1S/C17H30N2O/c1-14-7-6-8-16(11-14)10-9-15(2)18-12-17(3,20)13-19(4)5/h6-8,11,15,18,20H,9-10,12-13H2,1-5H3. The summed E-state index contributed by atoms with van der Waals surface area (Å²) in [6.45, 7) is 7.49. The first-order valence-corrected chi connectivity index (χ1v) is 7.44. The molecule has 114 valence electrons. The van der Waals surface area contributed by atoms with Gasteiger partial charge < -0.3 is 15.3 Å². The van der Waals surface area contributed by atoms with Crippen LogP contribution in [0, 0.1) is 6.92 Å². The van der Waals surface area contributed by atoms with Crippen LogP contribution in [0.1, 0.15) is 31.4 Å². The summed E-state index contributed by atoms with van der Waals surface area (Å²) >= 11 is 0. The lowest BCUT2D eigenvalue weighted by atomic mass is 10.0. The molecule has 0 spiro atoms. The van der Waals surface area contributed by atoms with Crippen LogP contribution in [0.4, 0.5) is 0 Å². The Morgan fingerprint density at radius 3 is 2.65 bits per heavy atom. The molecule has 3 nitrogen and oxygen atoms in total. The van der Waals surface area contributed by atoms with E-state index in [1.54, 1.807) is 0 Å². The van der Waals surface area contributed by atoms with E-state index in [4.69, 9.17) is 0 Å². The number of hydrogen-bond acceptors (Lipinski definition) is 3. The van der Waals surface area contributed by atoms with Crippen molar-refractivity contribution >= 4 is 0 Å². The third kappa shape index (κ3) is 7.04. The first kappa shape index (κ1) is 17.2. The van der Waals surface area contributed by atoms with Gasteiger partial charge in [0.1, 0.15) is 0 Å². The summed E-state index contributed by atoms with van der Waals surface area (Å²) in [5, 5.41) is 13.7. The van der Waals surface area contributed by atoms with Crippen LogP contribution < -0.4 is 5.32 Å². The van der Waals surface area contributed by atoms with Gasteiger partial charge in [-0.2, -0.15) is 0 Å². The zero-order chi connectivity index (χ0) is 15.2. The molecule has 0 aliphatic carbocycles. The van der Waals surface area contributed by atoms with Gasteiger partial charge in [-0.3, -0.25) is 0 Å². The molecule has 1 aromatic rings. The van der Waals surface area contributed by atoms with Gasteiger partial charge in [0.15, 0.2) is 0 Å². The fourth-order valence-corrected chi connectivity index (χ4v) is 2.48. The van der Waals surface area contributed by atoms with E-state index in [2.05, 4.69) is 43.4 Å². The Morgan fingerprint density at radius 1 is 1.35 bits per heavy atom. The van der Waals surface area contributed by atoms with Crippen molar-refractivity contribution in [2.24, 2.45) is 0 Å². The van der Waals surface area contributed by atoms with Crippen LogP contribution in [-0.2, 0) is 6.42 Å². The molecule has 0 aliphatic heterocycles. The quantitative estimate of drug-likeness (QED) is 0.765. The number of nitrogens with one attached hydrogen (secondary N) is 1. The zero-order valence-corrected chi connectivity index (χ0v) is 13.6. The van der Waals surface area contributed by atoms with Crippen LogP contribution >= 0.6 is 0 Å². The van der Waals surface area contributed by atoms with Gasteiger partial charge in [-0.15, -0.1) is 0 Å². The summed E-state index contributed by atoms with van der Waals surface area (Å²) in [7, 11) is 3.96. The Labute approximate surface area is 124 Å². The first-order valence-electron chi connectivity index (χ1n) is 7.44. The van der Waals surface area contributed by atoms with Crippen molar-refractivity contribution in [3.8, 4) is 0 Å². The van der Waals surface area contributed by atoms with Crippen molar-refractivity contribution in [1.29, 1.82) is 0 Å². The second kappa shape index (κ2) is 7.77. The van der Waals surface area contributed by atoms with Gasteiger partial charge in [-0.05, 0) is 53.3 Å². The molecule has 1 aromatic carbocycles. The molecular weight excluding hydrogens is 248 g/mol. The van der Waals surface area contributed by atoms with Gasteiger partial charge in [0, 0.05) is 19.1 Å². The molecule has 2 unspecified atom stereocenters. The van der Waals surface area contributed by atoms with Crippen molar-refractivity contribution in [3.63, 3.8) is 0 Å². The van der Waals surface area contributed by atoms with Crippen molar-refractivity contribution in [2.75, 3.05) is 27.2 Å². The highest BCUT2D eigenvalue weighted by Crippen LogP contribution is 2.09. The van der Waals surface area contributed by atoms with Crippen LogP contribution in [-0.4, -0.2) is 48.8 Å². The van der Waals surface area contributed by atoms with E-state index in [1.807, 2.05) is 25.9 Å². The van der Waals surface area contributed by atoms with Gasteiger partial charge in [0.25, 0.3) is 0 Å². The molecule has 0 heterocycles. The third-order valence-electron chi connectivity index (χ3n) is 3.44. The largest absolute Gasteiger partial charge is 0.388 e. The molecule has 0 saturated heterocycles. The van der Waals surface area contributed by atoms with Gasteiger partial charge in [-0.1, -0.05) is 29.8 Å². The molecular formula is C17H30N2O. The Hall–Kier alpha value is -0.900. The smallest absolute Gasteiger partial charge is 0.0869 e. The molecule has 0 aromatic heterocycles. The summed E-state index contributed by atoms with van der Waals surface area (Å²) in [5.74, 6) is 0. The van der Waals surface area contributed by atoms with Gasteiger partial charge in [-0.25, -0.2) is 0 Å². The van der Waals surface area contributed by atoms with E-state index in [0.717, 1.165) is 12.8 Å². The average Bonchev–Trinajstić information content (AvgIpc) is 2.32. The molecule has 0 aliphatic rings. The van der Waals surface area contributed by atoms with E-state index in [-0.39, 0.29) is 0 Å². The number of hydrogen-bond donors (Lipinski definition) is 2. The number of aliphatic hydroxyl groups is 1. The molecule has 20 heavy (non-hydrogen) atoms. The SMILES string of the molecule is Cc1cccc(CCC(C)NCC(C)(O)CN(C)C)c1. The van der Waals surface area contributed by atoms with Crippen molar-refractivity contribution in [1.82, 2.24) is 10.2 Å².